The third-order valence-corrected chi connectivity index (χ3v) is 11.5. The number of carbonyl (C=O) groups is 2. The van der Waals surface area contributed by atoms with Crippen molar-refractivity contribution in [2.45, 2.75) is 69.5 Å². The van der Waals surface area contributed by atoms with E-state index >= 15 is 0 Å². The first-order valence-corrected chi connectivity index (χ1v) is 16.9. The van der Waals surface area contributed by atoms with Gasteiger partial charge in [-0.05, 0) is 88.8 Å². The second-order valence-corrected chi connectivity index (χ2v) is 14.5. The number of halogens is 1. The van der Waals surface area contributed by atoms with Gasteiger partial charge in [0.15, 0.2) is 17.3 Å². The summed E-state index contributed by atoms with van der Waals surface area (Å²) in [4.78, 5) is 27.1. The fourth-order valence-electron chi connectivity index (χ4n) is 8.22. The fraction of sp³-hybridized carbons (Fsp3) is 0.459. The predicted molar refractivity (Wildman–Crippen MR) is 182 cm³/mol. The summed E-state index contributed by atoms with van der Waals surface area (Å²) >= 11 is 2.05. The number of hydrogen-bond donors (Lipinski definition) is 2. The number of phenolic OH excluding ortho intramolecular Hbond substituents is 1. The van der Waals surface area contributed by atoms with Crippen LogP contribution in [0.4, 0.5) is 0 Å². The van der Waals surface area contributed by atoms with Gasteiger partial charge in [-0.2, -0.15) is 0 Å². The van der Waals surface area contributed by atoms with Gasteiger partial charge >= 0.3 is 5.97 Å². The lowest BCUT2D eigenvalue weighted by Crippen LogP contribution is -2.68. The Balaban J connectivity index is 1.40. The van der Waals surface area contributed by atoms with Crippen molar-refractivity contribution in [2.24, 2.45) is 17.8 Å². The van der Waals surface area contributed by atoms with E-state index in [4.69, 9.17) is 23.7 Å². The van der Waals surface area contributed by atoms with Gasteiger partial charge in [-0.25, -0.2) is 0 Å². The van der Waals surface area contributed by atoms with Crippen LogP contribution in [0.2, 0.25) is 0 Å². The molecule has 9 nitrogen and oxygen atoms in total. The lowest BCUT2D eigenvalue weighted by atomic mass is 9.55. The normalized spacial score (nSPS) is 32.8. The Bertz CT molecular complexity index is 1650. The van der Waals surface area contributed by atoms with Crippen molar-refractivity contribution in [1.29, 1.82) is 0 Å². The number of benzene rings is 2. The molecule has 0 unspecified atom stereocenters. The SMILES string of the molecule is C=C(C)[C@]12C[C@@H](C)[C@@]3(OCc4ccccc4)[C@@H](C=C(COC(=O)Cc4cc(OC)c(O)cc4I)C[C@]4(O)C(=O)C(C)=C[C@@H]34)[C@H]1OCO2. The van der Waals surface area contributed by atoms with Gasteiger partial charge in [0, 0.05) is 21.8 Å². The van der Waals surface area contributed by atoms with Crippen molar-refractivity contribution >= 4 is 34.3 Å². The summed E-state index contributed by atoms with van der Waals surface area (Å²) in [6.45, 7) is 10.2. The Morgan fingerprint density at radius 2 is 1.91 bits per heavy atom. The molecule has 0 spiro atoms. The number of aliphatic hydroxyl groups is 1. The summed E-state index contributed by atoms with van der Waals surface area (Å²) < 4.78 is 31.5. The van der Waals surface area contributed by atoms with E-state index in [0.717, 1.165) is 11.1 Å². The van der Waals surface area contributed by atoms with Gasteiger partial charge < -0.3 is 33.9 Å². The second kappa shape index (κ2) is 12.8. The molecule has 7 atom stereocenters. The fourth-order valence-corrected chi connectivity index (χ4v) is 8.86. The van der Waals surface area contributed by atoms with Crippen LogP contribution in [0.15, 0.2) is 77.9 Å². The summed E-state index contributed by atoms with van der Waals surface area (Å²) in [5.41, 5.74) is -0.176. The largest absolute Gasteiger partial charge is 0.504 e. The number of rotatable bonds is 9. The van der Waals surface area contributed by atoms with E-state index in [0.29, 0.717) is 26.7 Å². The van der Waals surface area contributed by atoms with E-state index in [1.165, 1.54) is 13.2 Å². The number of carbonyl (C=O) groups excluding carboxylic acids is 2. The van der Waals surface area contributed by atoms with Crippen molar-refractivity contribution in [1.82, 2.24) is 0 Å². The molecular weight excluding hydrogens is 715 g/mol. The minimum atomic E-state index is -1.82. The predicted octanol–water partition coefficient (Wildman–Crippen LogP) is 5.60. The van der Waals surface area contributed by atoms with E-state index in [1.807, 2.05) is 49.4 Å². The van der Waals surface area contributed by atoms with E-state index in [2.05, 4.69) is 36.1 Å². The van der Waals surface area contributed by atoms with Gasteiger partial charge in [0.1, 0.15) is 30.7 Å². The monoisotopic (exact) mass is 756 g/mol. The zero-order valence-corrected chi connectivity index (χ0v) is 29.2. The molecule has 0 amide bonds. The molecule has 250 valence electrons. The Morgan fingerprint density at radius 1 is 1.17 bits per heavy atom. The summed E-state index contributed by atoms with van der Waals surface area (Å²) in [6.07, 6.45) is 3.77. The molecule has 4 aliphatic rings. The van der Waals surface area contributed by atoms with Gasteiger partial charge in [0.05, 0.1) is 25.7 Å². The number of aromatic hydroxyl groups is 1. The second-order valence-electron chi connectivity index (χ2n) is 13.3. The minimum Gasteiger partial charge on any atom is -0.504 e. The van der Waals surface area contributed by atoms with E-state index in [1.54, 1.807) is 13.0 Å². The Labute approximate surface area is 288 Å². The molecule has 2 aromatic rings. The van der Waals surface area contributed by atoms with Gasteiger partial charge in [-0.15, -0.1) is 0 Å². The van der Waals surface area contributed by atoms with Crippen LogP contribution in [0.25, 0.3) is 0 Å². The third kappa shape index (κ3) is 5.65. The third-order valence-electron chi connectivity index (χ3n) is 10.5. The highest BCUT2D eigenvalue weighted by molar-refractivity contribution is 14.1. The number of esters is 1. The average molecular weight is 757 g/mol. The summed E-state index contributed by atoms with van der Waals surface area (Å²) in [7, 11) is 1.44. The standard InChI is InChI=1S/C37H41IO9/c1-21(2)36-16-23(4)37(46-19-24-9-7-6-8-10-24)27(34(36)45-20-47-36)12-25(17-35(42)31(37)11-22(3)33(35)41)18-44-32(40)14-26-13-30(43-5)29(39)15-28(26)38/h6-13,15,23,27,31,34,39,42H,1,14,16-20H2,2-5H3/t23-,27+,31-,34-,35-,36-,37-/m1/s1. The molecule has 47 heavy (non-hydrogen) atoms. The van der Waals surface area contributed by atoms with Crippen LogP contribution >= 0.6 is 22.6 Å². The summed E-state index contributed by atoms with van der Waals surface area (Å²) in [5.74, 6) is -2.02. The van der Waals surface area contributed by atoms with Gasteiger partial charge in [-0.1, -0.05) is 56.0 Å². The molecule has 2 fully saturated rings. The number of Topliss-reactive ketones (excluding diaryl/α,β-unsaturated/α-hetero) is 1. The number of phenols is 1. The molecule has 10 heteroatoms. The molecule has 1 saturated carbocycles. The number of ether oxygens (including phenoxy) is 5. The number of hydrogen-bond acceptors (Lipinski definition) is 9. The van der Waals surface area contributed by atoms with E-state index in [-0.39, 0.29) is 56.0 Å². The number of fused-ring (bicyclic) bond motifs is 5. The highest BCUT2D eigenvalue weighted by Gasteiger charge is 2.70. The Kier molecular flexibility index (Phi) is 9.20. The molecule has 1 heterocycles. The first-order valence-electron chi connectivity index (χ1n) is 15.8. The maximum Gasteiger partial charge on any atom is 0.310 e. The molecule has 0 aromatic heterocycles. The zero-order valence-electron chi connectivity index (χ0n) is 27.1. The smallest absolute Gasteiger partial charge is 0.310 e. The molecule has 0 radical (unpaired) electrons. The summed E-state index contributed by atoms with van der Waals surface area (Å²) in [6, 6.07) is 13.0. The maximum atomic E-state index is 13.8. The maximum absolute atomic E-state index is 13.8. The topological polar surface area (TPSA) is 121 Å². The van der Waals surface area contributed by atoms with Gasteiger partial charge in [-0.3, -0.25) is 9.59 Å². The van der Waals surface area contributed by atoms with E-state index < -0.39 is 40.7 Å². The highest BCUT2D eigenvalue weighted by atomic mass is 127. The molecular formula is C37H41IO9. The van der Waals surface area contributed by atoms with Crippen molar-refractivity contribution in [3.8, 4) is 11.5 Å². The lowest BCUT2D eigenvalue weighted by molar-refractivity contribution is -0.228. The van der Waals surface area contributed by atoms with Crippen LogP contribution in [-0.2, 0) is 41.6 Å². The highest BCUT2D eigenvalue weighted by Crippen LogP contribution is 2.61. The van der Waals surface area contributed by atoms with Crippen molar-refractivity contribution < 1.29 is 43.5 Å². The molecule has 2 N–H and O–H groups in total. The average Bonchev–Trinajstić information content (AvgIpc) is 3.53. The summed E-state index contributed by atoms with van der Waals surface area (Å²) in [5, 5.41) is 22.6. The van der Waals surface area contributed by atoms with Crippen molar-refractivity contribution in [2.75, 3.05) is 20.5 Å². The molecule has 1 saturated heterocycles. The van der Waals surface area contributed by atoms with Gasteiger partial charge in [0.25, 0.3) is 0 Å². The number of ketones is 1. The van der Waals surface area contributed by atoms with Gasteiger partial charge in [0.2, 0.25) is 0 Å². The van der Waals surface area contributed by atoms with Crippen molar-refractivity contribution in [3.63, 3.8) is 0 Å². The Hall–Kier alpha value is -3.03. The molecule has 3 aliphatic carbocycles. The van der Waals surface area contributed by atoms with Crippen LogP contribution in [-0.4, -0.2) is 65.4 Å². The zero-order chi connectivity index (χ0) is 33.7. The number of methoxy groups -OCH3 is 1. The van der Waals surface area contributed by atoms with E-state index in [9.17, 15) is 19.8 Å². The quantitative estimate of drug-likeness (QED) is 0.192. The lowest BCUT2D eigenvalue weighted by Gasteiger charge is -2.58. The minimum absolute atomic E-state index is 0.0193. The molecule has 6 rings (SSSR count). The van der Waals surface area contributed by atoms with Crippen LogP contribution < -0.4 is 4.74 Å². The Morgan fingerprint density at radius 3 is 2.62 bits per heavy atom. The first-order chi connectivity index (χ1) is 22.4. The first kappa shape index (κ1) is 33.9. The van der Waals surface area contributed by atoms with Crippen molar-refractivity contribution in [3.05, 3.63) is 92.6 Å². The van der Waals surface area contributed by atoms with Crippen LogP contribution in [0.5, 0.6) is 11.5 Å². The van der Waals surface area contributed by atoms with Crippen LogP contribution in [0, 0.1) is 21.3 Å². The van der Waals surface area contributed by atoms with Crippen LogP contribution in [0.1, 0.15) is 44.7 Å². The molecule has 1 aliphatic heterocycles. The molecule has 0 bridgehead atoms. The molecule has 2 aromatic carbocycles. The van der Waals surface area contributed by atoms with Crippen LogP contribution in [0.3, 0.4) is 0 Å².